The Hall–Kier alpha value is -1.57. The van der Waals surface area contributed by atoms with Crippen LogP contribution < -0.4 is 0 Å². The molecule has 3 rings (SSSR count). The van der Waals surface area contributed by atoms with E-state index in [0.717, 1.165) is 31.9 Å². The van der Waals surface area contributed by atoms with E-state index in [4.69, 9.17) is 6.42 Å². The molecule has 2 aromatic heterocycles. The standard InChI is InChI=1S/C13H13N3S/c1-2-4-15-5-6-16-12(9-15)8-13(14-16)11-3-7-17-10-11/h1,3,7-8,10H,4-6,9H2. The molecule has 0 unspecified atom stereocenters. The van der Waals surface area contributed by atoms with Crippen LogP contribution in [-0.4, -0.2) is 27.8 Å². The van der Waals surface area contributed by atoms with Gasteiger partial charge in [0.2, 0.25) is 0 Å². The van der Waals surface area contributed by atoms with Crippen LogP contribution in [-0.2, 0) is 13.1 Å². The van der Waals surface area contributed by atoms with Gasteiger partial charge in [-0.2, -0.15) is 16.4 Å². The van der Waals surface area contributed by atoms with E-state index in [2.05, 4.69) is 43.5 Å². The van der Waals surface area contributed by atoms with E-state index in [1.807, 2.05) is 0 Å². The Labute approximate surface area is 105 Å². The van der Waals surface area contributed by atoms with Gasteiger partial charge >= 0.3 is 0 Å². The largest absolute Gasteiger partial charge is 0.285 e. The quantitative estimate of drug-likeness (QED) is 0.753. The second kappa shape index (κ2) is 4.36. The van der Waals surface area contributed by atoms with Crippen LogP contribution in [0.15, 0.2) is 22.9 Å². The zero-order valence-electron chi connectivity index (χ0n) is 9.47. The molecule has 0 N–H and O–H groups in total. The van der Waals surface area contributed by atoms with E-state index in [1.165, 1.54) is 11.3 Å². The number of thiophene rings is 1. The summed E-state index contributed by atoms with van der Waals surface area (Å²) in [4.78, 5) is 2.27. The first-order valence-electron chi connectivity index (χ1n) is 5.62. The van der Waals surface area contributed by atoms with E-state index >= 15 is 0 Å². The molecule has 0 aliphatic carbocycles. The maximum absolute atomic E-state index is 5.35. The van der Waals surface area contributed by atoms with E-state index in [0.29, 0.717) is 0 Å². The first-order chi connectivity index (χ1) is 8.36. The molecule has 86 valence electrons. The van der Waals surface area contributed by atoms with Crippen molar-refractivity contribution < 1.29 is 0 Å². The molecular formula is C13H13N3S. The van der Waals surface area contributed by atoms with Crippen LogP contribution in [0, 0.1) is 12.3 Å². The van der Waals surface area contributed by atoms with Crippen LogP contribution in [0.3, 0.4) is 0 Å². The first-order valence-corrected chi connectivity index (χ1v) is 6.56. The number of rotatable bonds is 2. The Balaban J connectivity index is 1.87. The average Bonchev–Trinajstić information content (AvgIpc) is 2.97. The molecule has 0 amide bonds. The van der Waals surface area contributed by atoms with E-state index in [1.54, 1.807) is 11.3 Å². The van der Waals surface area contributed by atoms with Crippen molar-refractivity contribution in [3.8, 4) is 23.6 Å². The van der Waals surface area contributed by atoms with Gasteiger partial charge in [-0.15, -0.1) is 6.42 Å². The highest BCUT2D eigenvalue weighted by atomic mass is 32.1. The van der Waals surface area contributed by atoms with Gasteiger partial charge in [-0.25, -0.2) is 0 Å². The van der Waals surface area contributed by atoms with Gasteiger partial charge in [-0.3, -0.25) is 9.58 Å². The van der Waals surface area contributed by atoms with Crippen LogP contribution >= 0.6 is 11.3 Å². The first kappa shape index (κ1) is 10.6. The van der Waals surface area contributed by atoms with Gasteiger partial charge in [0.1, 0.15) is 0 Å². The smallest absolute Gasteiger partial charge is 0.0934 e. The van der Waals surface area contributed by atoms with E-state index < -0.39 is 0 Å². The number of nitrogens with zero attached hydrogens (tertiary/aromatic N) is 3. The summed E-state index contributed by atoms with van der Waals surface area (Å²) < 4.78 is 2.10. The molecule has 3 nitrogen and oxygen atoms in total. The molecule has 17 heavy (non-hydrogen) atoms. The molecule has 2 aromatic rings. The zero-order valence-corrected chi connectivity index (χ0v) is 10.3. The molecule has 0 bridgehead atoms. The molecule has 0 atom stereocenters. The number of hydrogen-bond acceptors (Lipinski definition) is 3. The SMILES string of the molecule is C#CCN1CCn2nc(-c3ccsc3)cc2C1. The fourth-order valence-electron chi connectivity index (χ4n) is 2.14. The molecule has 0 saturated carbocycles. The Morgan fingerprint density at radius 3 is 3.18 bits per heavy atom. The summed E-state index contributed by atoms with van der Waals surface area (Å²) in [5.74, 6) is 2.70. The summed E-state index contributed by atoms with van der Waals surface area (Å²) in [7, 11) is 0. The minimum absolute atomic E-state index is 0.721. The minimum atomic E-state index is 0.721. The molecule has 0 radical (unpaired) electrons. The van der Waals surface area contributed by atoms with E-state index in [9.17, 15) is 0 Å². The lowest BCUT2D eigenvalue weighted by Gasteiger charge is -2.25. The second-order valence-corrected chi connectivity index (χ2v) is 4.95. The van der Waals surface area contributed by atoms with Crippen molar-refractivity contribution in [2.75, 3.05) is 13.1 Å². The second-order valence-electron chi connectivity index (χ2n) is 4.17. The number of aromatic nitrogens is 2. The average molecular weight is 243 g/mol. The maximum Gasteiger partial charge on any atom is 0.0934 e. The summed E-state index contributed by atoms with van der Waals surface area (Å²) >= 11 is 1.70. The molecular weight excluding hydrogens is 230 g/mol. The van der Waals surface area contributed by atoms with Gasteiger partial charge in [0.05, 0.1) is 24.5 Å². The zero-order chi connectivity index (χ0) is 11.7. The van der Waals surface area contributed by atoms with Crippen LogP contribution in [0.1, 0.15) is 5.69 Å². The monoisotopic (exact) mass is 243 g/mol. The van der Waals surface area contributed by atoms with Crippen molar-refractivity contribution in [1.82, 2.24) is 14.7 Å². The van der Waals surface area contributed by atoms with E-state index in [-0.39, 0.29) is 0 Å². The van der Waals surface area contributed by atoms with Gasteiger partial charge in [0, 0.05) is 24.0 Å². The normalized spacial score (nSPS) is 15.5. The molecule has 4 heteroatoms. The molecule has 0 fully saturated rings. The Kier molecular flexibility index (Phi) is 2.71. The Morgan fingerprint density at radius 2 is 2.41 bits per heavy atom. The third-order valence-electron chi connectivity index (χ3n) is 3.01. The molecule has 0 saturated heterocycles. The summed E-state index contributed by atoms with van der Waals surface area (Å²) in [6, 6.07) is 4.28. The van der Waals surface area contributed by atoms with Crippen LogP contribution in [0.25, 0.3) is 11.3 Å². The minimum Gasteiger partial charge on any atom is -0.285 e. The van der Waals surface area contributed by atoms with Crippen molar-refractivity contribution in [2.45, 2.75) is 13.1 Å². The Morgan fingerprint density at radius 1 is 1.47 bits per heavy atom. The predicted molar refractivity (Wildman–Crippen MR) is 69.7 cm³/mol. The van der Waals surface area contributed by atoms with Gasteiger partial charge in [-0.1, -0.05) is 5.92 Å². The van der Waals surface area contributed by atoms with Crippen molar-refractivity contribution >= 4 is 11.3 Å². The Bertz CT molecular complexity index is 548. The highest BCUT2D eigenvalue weighted by molar-refractivity contribution is 7.08. The molecule has 0 spiro atoms. The summed E-state index contributed by atoms with van der Waals surface area (Å²) in [6.45, 7) is 3.55. The molecule has 0 aromatic carbocycles. The lowest BCUT2D eigenvalue weighted by molar-refractivity contribution is 0.238. The van der Waals surface area contributed by atoms with Gasteiger partial charge < -0.3 is 0 Å². The number of fused-ring (bicyclic) bond motifs is 1. The van der Waals surface area contributed by atoms with Crippen molar-refractivity contribution in [3.63, 3.8) is 0 Å². The van der Waals surface area contributed by atoms with Crippen LogP contribution in [0.4, 0.5) is 0 Å². The maximum atomic E-state index is 5.35. The highest BCUT2D eigenvalue weighted by Gasteiger charge is 2.18. The van der Waals surface area contributed by atoms with Crippen molar-refractivity contribution in [2.24, 2.45) is 0 Å². The molecule has 1 aliphatic heterocycles. The van der Waals surface area contributed by atoms with Gasteiger partial charge in [-0.05, 0) is 17.5 Å². The van der Waals surface area contributed by atoms with Gasteiger partial charge in [0.25, 0.3) is 0 Å². The lowest BCUT2D eigenvalue weighted by atomic mass is 10.2. The highest BCUT2D eigenvalue weighted by Crippen LogP contribution is 2.23. The molecule has 1 aliphatic rings. The number of terminal acetylenes is 1. The number of hydrogen-bond donors (Lipinski definition) is 0. The van der Waals surface area contributed by atoms with Crippen molar-refractivity contribution in [1.29, 1.82) is 0 Å². The summed E-state index contributed by atoms with van der Waals surface area (Å²) in [5, 5.41) is 8.85. The lowest BCUT2D eigenvalue weighted by Crippen LogP contribution is -2.33. The van der Waals surface area contributed by atoms with Crippen molar-refractivity contribution in [3.05, 3.63) is 28.6 Å². The predicted octanol–water partition coefficient (Wildman–Crippen LogP) is 2.06. The fraction of sp³-hybridized carbons (Fsp3) is 0.308. The third kappa shape index (κ3) is 1.99. The third-order valence-corrected chi connectivity index (χ3v) is 3.69. The fourth-order valence-corrected chi connectivity index (χ4v) is 2.79. The molecule has 3 heterocycles. The topological polar surface area (TPSA) is 21.1 Å². The summed E-state index contributed by atoms with van der Waals surface area (Å²) in [5.41, 5.74) is 3.54. The van der Waals surface area contributed by atoms with Gasteiger partial charge in [0.15, 0.2) is 0 Å². The summed E-state index contributed by atoms with van der Waals surface area (Å²) in [6.07, 6.45) is 5.35. The van der Waals surface area contributed by atoms with Crippen LogP contribution in [0.5, 0.6) is 0 Å². The van der Waals surface area contributed by atoms with Crippen LogP contribution in [0.2, 0.25) is 0 Å².